The highest BCUT2D eigenvalue weighted by atomic mass is 16.4. The molecule has 1 saturated carbocycles. The van der Waals surface area contributed by atoms with Crippen LogP contribution in [0.2, 0.25) is 0 Å². The number of nitrogens with one attached hydrogen (secondary N) is 1. The molecule has 1 aliphatic rings. The van der Waals surface area contributed by atoms with Crippen LogP contribution < -0.4 is 11.1 Å². The van der Waals surface area contributed by atoms with E-state index in [0.29, 0.717) is 0 Å². The Hall–Kier alpha value is -1.26. The van der Waals surface area contributed by atoms with Crippen LogP contribution in [-0.2, 0) is 4.79 Å². The van der Waals surface area contributed by atoms with Crippen molar-refractivity contribution < 1.29 is 10.0 Å². The molecule has 0 saturated heterocycles. The number of carbonyl (C=O) groups is 1. The molecule has 0 aliphatic heterocycles. The van der Waals surface area contributed by atoms with E-state index in [0.717, 1.165) is 12.8 Å². The Kier molecular flexibility index (Phi) is 2.30. The highest BCUT2D eigenvalue weighted by molar-refractivity contribution is 5.88. The fourth-order valence-corrected chi connectivity index (χ4v) is 0.703. The number of oxime groups is 1. The van der Waals surface area contributed by atoms with Gasteiger partial charge in [-0.3, -0.25) is 4.79 Å². The molecule has 0 spiro atoms. The van der Waals surface area contributed by atoms with Gasteiger partial charge >= 0.3 is 0 Å². The first-order chi connectivity index (χ1) is 5.24. The zero-order chi connectivity index (χ0) is 8.27. The average Bonchev–Trinajstić information content (AvgIpc) is 2.81. The summed E-state index contributed by atoms with van der Waals surface area (Å²) in [6, 6.07) is 0. The van der Waals surface area contributed by atoms with E-state index in [4.69, 9.17) is 10.9 Å². The second-order valence-corrected chi connectivity index (χ2v) is 2.58. The molecule has 5 nitrogen and oxygen atoms in total. The van der Waals surface area contributed by atoms with E-state index in [1.807, 2.05) is 0 Å². The quantitative estimate of drug-likeness (QED) is 0.218. The van der Waals surface area contributed by atoms with Crippen molar-refractivity contribution in [3.05, 3.63) is 0 Å². The molecular formula is C6H11N3O2. The fourth-order valence-electron chi connectivity index (χ4n) is 0.703. The van der Waals surface area contributed by atoms with Crippen LogP contribution in [0.5, 0.6) is 0 Å². The molecule has 1 amide bonds. The summed E-state index contributed by atoms with van der Waals surface area (Å²) >= 11 is 0. The van der Waals surface area contributed by atoms with Crippen LogP contribution >= 0.6 is 0 Å². The van der Waals surface area contributed by atoms with Gasteiger partial charge in [0.05, 0.1) is 6.54 Å². The predicted octanol–water partition coefficient (Wildman–Crippen LogP) is -0.741. The molecule has 0 heterocycles. The zero-order valence-electron chi connectivity index (χ0n) is 6.08. The summed E-state index contributed by atoms with van der Waals surface area (Å²) in [5.41, 5.74) is 5.13. The van der Waals surface area contributed by atoms with Gasteiger partial charge in [-0.05, 0) is 12.8 Å². The molecule has 0 unspecified atom stereocenters. The first kappa shape index (κ1) is 7.84. The van der Waals surface area contributed by atoms with E-state index in [1.54, 1.807) is 0 Å². The van der Waals surface area contributed by atoms with Crippen molar-refractivity contribution in [2.75, 3.05) is 6.54 Å². The van der Waals surface area contributed by atoms with E-state index in [2.05, 4.69) is 10.5 Å². The third kappa shape index (κ3) is 2.45. The number of nitrogens with two attached hydrogens (primary N) is 1. The van der Waals surface area contributed by atoms with Gasteiger partial charge in [-0.2, -0.15) is 0 Å². The van der Waals surface area contributed by atoms with Gasteiger partial charge < -0.3 is 16.3 Å². The number of nitrogens with zero attached hydrogens (tertiary/aromatic N) is 1. The Labute approximate surface area is 64.3 Å². The monoisotopic (exact) mass is 157 g/mol. The molecule has 5 heteroatoms. The van der Waals surface area contributed by atoms with Crippen LogP contribution in [0.4, 0.5) is 0 Å². The van der Waals surface area contributed by atoms with Crippen LogP contribution in [0, 0.1) is 5.92 Å². The van der Waals surface area contributed by atoms with Gasteiger partial charge in [-0.25, -0.2) is 0 Å². The molecule has 1 aliphatic carbocycles. The van der Waals surface area contributed by atoms with Gasteiger partial charge in [0.25, 0.3) is 0 Å². The van der Waals surface area contributed by atoms with Gasteiger partial charge in [-0.15, -0.1) is 0 Å². The Balaban J connectivity index is 2.15. The molecule has 0 aromatic carbocycles. The van der Waals surface area contributed by atoms with Gasteiger partial charge in [-0.1, -0.05) is 5.16 Å². The van der Waals surface area contributed by atoms with E-state index < -0.39 is 0 Å². The van der Waals surface area contributed by atoms with Crippen molar-refractivity contribution in [2.24, 2.45) is 16.8 Å². The maximum absolute atomic E-state index is 10.9. The summed E-state index contributed by atoms with van der Waals surface area (Å²) < 4.78 is 0. The van der Waals surface area contributed by atoms with Crippen molar-refractivity contribution in [1.29, 1.82) is 0 Å². The number of carbonyl (C=O) groups excluding carboxylic acids is 1. The molecule has 0 atom stereocenters. The Morgan fingerprint density at radius 2 is 2.36 bits per heavy atom. The predicted molar refractivity (Wildman–Crippen MR) is 39.1 cm³/mol. The second kappa shape index (κ2) is 3.23. The minimum Gasteiger partial charge on any atom is -0.409 e. The molecule has 1 rings (SSSR count). The largest absolute Gasteiger partial charge is 0.409 e. The first-order valence-corrected chi connectivity index (χ1v) is 3.48. The molecule has 0 radical (unpaired) electrons. The molecule has 0 bridgehead atoms. The minimum atomic E-state index is -0.00315. The van der Waals surface area contributed by atoms with E-state index in [-0.39, 0.29) is 24.2 Å². The fraction of sp³-hybridized carbons (Fsp3) is 0.667. The van der Waals surface area contributed by atoms with Crippen molar-refractivity contribution in [1.82, 2.24) is 5.32 Å². The van der Waals surface area contributed by atoms with Crippen LogP contribution in [0.1, 0.15) is 12.8 Å². The molecule has 0 aromatic heterocycles. The summed E-state index contributed by atoms with van der Waals surface area (Å²) in [4.78, 5) is 10.9. The second-order valence-electron chi connectivity index (χ2n) is 2.58. The normalized spacial score (nSPS) is 18.0. The molecule has 62 valence electrons. The molecule has 11 heavy (non-hydrogen) atoms. The van der Waals surface area contributed by atoms with Crippen molar-refractivity contribution >= 4 is 11.7 Å². The van der Waals surface area contributed by atoms with E-state index in [1.165, 1.54) is 0 Å². The number of hydrogen-bond donors (Lipinski definition) is 3. The molecule has 0 aromatic rings. The maximum Gasteiger partial charge on any atom is 0.223 e. The maximum atomic E-state index is 10.9. The Morgan fingerprint density at radius 3 is 2.82 bits per heavy atom. The lowest BCUT2D eigenvalue weighted by molar-refractivity contribution is -0.122. The highest BCUT2D eigenvalue weighted by Gasteiger charge is 2.29. The lowest BCUT2D eigenvalue weighted by atomic mass is 10.4. The molecule has 4 N–H and O–H groups in total. The van der Waals surface area contributed by atoms with E-state index in [9.17, 15) is 4.79 Å². The molecular weight excluding hydrogens is 146 g/mol. The van der Waals surface area contributed by atoms with Gasteiger partial charge in [0, 0.05) is 5.92 Å². The summed E-state index contributed by atoms with van der Waals surface area (Å²) in [6.07, 6.45) is 1.92. The van der Waals surface area contributed by atoms with Crippen LogP contribution in [-0.4, -0.2) is 23.5 Å². The zero-order valence-corrected chi connectivity index (χ0v) is 6.08. The van der Waals surface area contributed by atoms with Crippen molar-refractivity contribution in [2.45, 2.75) is 12.8 Å². The van der Waals surface area contributed by atoms with Gasteiger partial charge in [0.2, 0.25) is 5.91 Å². The third-order valence-electron chi connectivity index (χ3n) is 1.52. The summed E-state index contributed by atoms with van der Waals surface area (Å²) in [7, 11) is 0. The van der Waals surface area contributed by atoms with Gasteiger partial charge in [0.15, 0.2) is 5.84 Å². The van der Waals surface area contributed by atoms with Crippen LogP contribution in [0.3, 0.4) is 0 Å². The smallest absolute Gasteiger partial charge is 0.223 e. The minimum absolute atomic E-state index is 0.00315. The highest BCUT2D eigenvalue weighted by Crippen LogP contribution is 2.28. The average molecular weight is 157 g/mol. The summed E-state index contributed by atoms with van der Waals surface area (Å²) in [5, 5.41) is 13.4. The number of amides is 1. The van der Waals surface area contributed by atoms with Crippen LogP contribution in [0.15, 0.2) is 5.16 Å². The third-order valence-corrected chi connectivity index (χ3v) is 1.52. The SMILES string of the molecule is N/C(CNC(=O)C1CC1)=N\O. The Bertz CT molecular complexity index is 186. The molecule has 1 fully saturated rings. The van der Waals surface area contributed by atoms with E-state index >= 15 is 0 Å². The Morgan fingerprint density at radius 1 is 1.73 bits per heavy atom. The summed E-state index contributed by atoms with van der Waals surface area (Å²) in [5.74, 6) is 0.192. The number of rotatable bonds is 3. The first-order valence-electron chi connectivity index (χ1n) is 3.48. The van der Waals surface area contributed by atoms with Crippen molar-refractivity contribution in [3.8, 4) is 0 Å². The summed E-state index contributed by atoms with van der Waals surface area (Å²) in [6.45, 7) is 0.131. The lowest BCUT2D eigenvalue weighted by Crippen LogP contribution is -2.34. The number of hydrogen-bond acceptors (Lipinski definition) is 3. The van der Waals surface area contributed by atoms with Gasteiger partial charge in [0.1, 0.15) is 0 Å². The lowest BCUT2D eigenvalue weighted by Gasteiger charge is -2.00. The number of amidine groups is 1. The standard InChI is InChI=1S/C6H11N3O2/c7-5(9-11)3-8-6(10)4-1-2-4/h4,11H,1-3H2,(H2,7,9)(H,8,10). The topological polar surface area (TPSA) is 87.7 Å². The van der Waals surface area contributed by atoms with Crippen LogP contribution in [0.25, 0.3) is 0 Å². The van der Waals surface area contributed by atoms with Crippen molar-refractivity contribution in [3.63, 3.8) is 0 Å².